The average Bonchev–Trinajstić information content (AvgIpc) is 2.83. The van der Waals surface area contributed by atoms with Crippen LogP contribution in [0.15, 0.2) is 30.6 Å². The first kappa shape index (κ1) is 27.2. The number of anilines is 1. The van der Waals surface area contributed by atoms with Gasteiger partial charge in [0.25, 0.3) is 0 Å². The predicted octanol–water partition coefficient (Wildman–Crippen LogP) is 6.34. The van der Waals surface area contributed by atoms with Gasteiger partial charge in [0.05, 0.1) is 5.02 Å². The fraction of sp³-hybridized carbons (Fsp3) is 0.462. The molecule has 1 unspecified atom stereocenters. The second kappa shape index (κ2) is 12.6. The predicted molar refractivity (Wildman–Crippen MR) is 143 cm³/mol. The molecule has 0 saturated carbocycles. The summed E-state index contributed by atoms with van der Waals surface area (Å²) in [6.07, 6.45) is 7.38. The molecule has 2 heterocycles. The van der Waals surface area contributed by atoms with Crippen molar-refractivity contribution in [1.82, 2.24) is 15.2 Å². The molecule has 4 N–H and O–H groups in total. The van der Waals surface area contributed by atoms with Gasteiger partial charge in [-0.25, -0.2) is 9.37 Å². The summed E-state index contributed by atoms with van der Waals surface area (Å²) in [4.78, 5) is 6.75. The minimum atomic E-state index is -0.670. The summed E-state index contributed by atoms with van der Waals surface area (Å²) in [6.45, 7) is 9.52. The van der Waals surface area contributed by atoms with E-state index in [2.05, 4.69) is 29.0 Å². The van der Waals surface area contributed by atoms with E-state index in [9.17, 15) is 4.39 Å². The second-order valence-corrected chi connectivity index (χ2v) is 10.1. The van der Waals surface area contributed by atoms with Crippen molar-refractivity contribution in [2.45, 2.75) is 52.2 Å². The molecule has 1 aromatic carbocycles. The number of hydrogen-bond acceptors (Lipinski definition) is 6. The molecule has 0 radical (unpaired) electrons. The highest BCUT2D eigenvalue weighted by atomic mass is 35.5. The number of piperidine rings is 1. The number of nitrogens with zero attached hydrogens (tertiary/aromatic N) is 2. The van der Waals surface area contributed by atoms with E-state index in [1.165, 1.54) is 24.8 Å². The number of pyridine rings is 1. The number of allylic oxidation sites excluding steroid dienone is 1. The van der Waals surface area contributed by atoms with Crippen LogP contribution in [-0.2, 0) is 0 Å². The minimum absolute atomic E-state index is 0.0905. The molecular formula is C26H34Cl2FN5O. The van der Waals surface area contributed by atoms with E-state index >= 15 is 0 Å². The van der Waals surface area contributed by atoms with Gasteiger partial charge in [-0.1, -0.05) is 37.0 Å². The summed E-state index contributed by atoms with van der Waals surface area (Å²) >= 11 is 12.4. The topological polar surface area (TPSA) is 87.3 Å². The van der Waals surface area contributed by atoms with E-state index in [4.69, 9.17) is 39.1 Å². The second-order valence-electron chi connectivity index (χ2n) is 9.33. The molecule has 2 aromatic rings. The molecule has 1 fully saturated rings. The van der Waals surface area contributed by atoms with Crippen molar-refractivity contribution in [3.63, 3.8) is 0 Å². The van der Waals surface area contributed by atoms with Gasteiger partial charge in [-0.05, 0) is 56.8 Å². The Morgan fingerprint density at radius 2 is 2.03 bits per heavy atom. The maximum absolute atomic E-state index is 14.0. The molecule has 1 atom stereocenters. The minimum Gasteiger partial charge on any atom is -0.482 e. The van der Waals surface area contributed by atoms with Crippen molar-refractivity contribution >= 4 is 40.8 Å². The summed E-state index contributed by atoms with van der Waals surface area (Å²) in [6, 6.07) is 4.72. The monoisotopic (exact) mass is 521 g/mol. The van der Waals surface area contributed by atoms with Gasteiger partial charge in [0.15, 0.2) is 11.6 Å². The highest BCUT2D eigenvalue weighted by molar-refractivity contribution is 6.36. The van der Waals surface area contributed by atoms with Crippen LogP contribution in [0.5, 0.6) is 5.75 Å². The number of ether oxygens (including phenoxy) is 1. The van der Waals surface area contributed by atoms with Crippen LogP contribution < -0.4 is 15.8 Å². The lowest BCUT2D eigenvalue weighted by atomic mass is 10.0. The number of benzene rings is 1. The maximum Gasteiger partial charge on any atom is 0.166 e. The highest BCUT2D eigenvalue weighted by Crippen LogP contribution is 2.36. The zero-order valence-corrected chi connectivity index (χ0v) is 22.0. The van der Waals surface area contributed by atoms with Gasteiger partial charge >= 0.3 is 0 Å². The summed E-state index contributed by atoms with van der Waals surface area (Å²) in [5, 5.41) is 11.6. The molecule has 3 rings (SSSR count). The summed E-state index contributed by atoms with van der Waals surface area (Å²) in [5.74, 6) is 0.622. The lowest BCUT2D eigenvalue weighted by Gasteiger charge is -2.32. The Bertz CT molecular complexity index is 1050. The molecule has 1 saturated heterocycles. The molecule has 1 aliphatic heterocycles. The molecule has 0 aliphatic carbocycles. The van der Waals surface area contributed by atoms with Crippen LogP contribution in [0.2, 0.25) is 10.0 Å². The molecule has 35 heavy (non-hydrogen) atoms. The van der Waals surface area contributed by atoms with Crippen LogP contribution in [0.1, 0.15) is 57.3 Å². The molecular weight excluding hydrogens is 488 g/mol. The molecule has 0 amide bonds. The fourth-order valence-corrected chi connectivity index (χ4v) is 4.73. The summed E-state index contributed by atoms with van der Waals surface area (Å²) in [7, 11) is 0. The summed E-state index contributed by atoms with van der Waals surface area (Å²) in [5.41, 5.74) is 7.70. The Hall–Kier alpha value is -2.35. The van der Waals surface area contributed by atoms with Crippen molar-refractivity contribution in [2.75, 3.05) is 25.4 Å². The third kappa shape index (κ3) is 7.32. The molecule has 6 nitrogen and oxygen atoms in total. The maximum atomic E-state index is 14.0. The Labute approximate surface area is 217 Å². The highest BCUT2D eigenvalue weighted by Gasteiger charge is 2.21. The standard InChI is InChI=1S/C26H34Cl2FN5O/c1-16(2)6-9-34-10-7-20(8-11-34)32-15-19(13-30)18-12-23(26(31)33-14-18)35-17(3)24-21(27)4-5-22(29)25(24)28/h4-5,12-17,20,30,32H,6-11H2,1-3H3,(H2,31,33)/b19-15+,30-13?. The number of rotatable bonds is 10. The van der Waals surface area contributed by atoms with Crippen molar-refractivity contribution in [1.29, 1.82) is 5.41 Å². The first-order chi connectivity index (χ1) is 16.7. The van der Waals surface area contributed by atoms with E-state index in [0.717, 1.165) is 38.4 Å². The number of nitrogens with one attached hydrogen (secondary N) is 2. The number of nitrogens with two attached hydrogens (primary N) is 1. The zero-order valence-electron chi connectivity index (χ0n) is 20.5. The van der Waals surface area contributed by atoms with E-state index in [1.807, 2.05) is 6.20 Å². The van der Waals surface area contributed by atoms with Gasteiger partial charge < -0.3 is 26.1 Å². The Balaban J connectivity index is 1.68. The van der Waals surface area contributed by atoms with Crippen LogP contribution in [-0.4, -0.2) is 41.8 Å². The Morgan fingerprint density at radius 1 is 1.31 bits per heavy atom. The number of hydrogen-bond donors (Lipinski definition) is 3. The third-order valence-electron chi connectivity index (χ3n) is 6.25. The van der Waals surface area contributed by atoms with Crippen molar-refractivity contribution < 1.29 is 9.13 Å². The van der Waals surface area contributed by atoms with Gasteiger partial charge in [0, 0.05) is 59.5 Å². The molecule has 0 bridgehead atoms. The molecule has 1 aliphatic rings. The average molecular weight is 522 g/mol. The number of likely N-dealkylation sites (tertiary alicyclic amines) is 1. The van der Waals surface area contributed by atoms with Crippen molar-refractivity contribution in [2.24, 2.45) is 5.92 Å². The Morgan fingerprint density at radius 3 is 2.69 bits per heavy atom. The quantitative estimate of drug-likeness (QED) is 0.250. The lowest BCUT2D eigenvalue weighted by Crippen LogP contribution is -2.41. The van der Waals surface area contributed by atoms with Crippen LogP contribution in [0.25, 0.3) is 5.57 Å². The van der Waals surface area contributed by atoms with Gasteiger partial charge in [-0.3, -0.25) is 0 Å². The van der Waals surface area contributed by atoms with Gasteiger partial charge in [0.2, 0.25) is 0 Å². The largest absolute Gasteiger partial charge is 0.482 e. The zero-order chi connectivity index (χ0) is 25.5. The molecule has 190 valence electrons. The number of halogens is 3. The Kier molecular flexibility index (Phi) is 9.78. The van der Waals surface area contributed by atoms with Crippen LogP contribution in [0.3, 0.4) is 0 Å². The molecule has 0 spiro atoms. The lowest BCUT2D eigenvalue weighted by molar-refractivity contribution is 0.195. The van der Waals surface area contributed by atoms with E-state index in [-0.39, 0.29) is 10.8 Å². The van der Waals surface area contributed by atoms with Crippen molar-refractivity contribution in [3.05, 3.63) is 57.6 Å². The van der Waals surface area contributed by atoms with Crippen LogP contribution >= 0.6 is 23.2 Å². The van der Waals surface area contributed by atoms with E-state index < -0.39 is 11.9 Å². The molecule has 1 aromatic heterocycles. The third-order valence-corrected chi connectivity index (χ3v) is 6.96. The SMILES string of the molecule is CC(C)CCN1CCC(N/C=C(\C=N)c2cnc(N)c(OC(C)c3c(Cl)ccc(F)c3Cl)c2)CC1. The van der Waals surface area contributed by atoms with Gasteiger partial charge in [-0.2, -0.15) is 0 Å². The fourth-order valence-electron chi connectivity index (χ4n) is 4.05. The normalized spacial score (nSPS) is 16.4. The number of aromatic nitrogens is 1. The van der Waals surface area contributed by atoms with Crippen LogP contribution in [0, 0.1) is 17.1 Å². The van der Waals surface area contributed by atoms with Crippen LogP contribution in [0.4, 0.5) is 10.2 Å². The summed E-state index contributed by atoms with van der Waals surface area (Å²) < 4.78 is 19.9. The first-order valence-corrected chi connectivity index (χ1v) is 12.7. The first-order valence-electron chi connectivity index (χ1n) is 11.9. The van der Waals surface area contributed by atoms with Gasteiger partial charge in [0.1, 0.15) is 11.9 Å². The molecule has 9 heteroatoms. The van der Waals surface area contributed by atoms with E-state index in [0.29, 0.717) is 33.5 Å². The van der Waals surface area contributed by atoms with Gasteiger partial charge in [-0.15, -0.1) is 0 Å². The van der Waals surface area contributed by atoms with Crippen molar-refractivity contribution in [3.8, 4) is 5.75 Å². The smallest absolute Gasteiger partial charge is 0.166 e. The number of nitrogen functional groups attached to an aromatic ring is 1. The van der Waals surface area contributed by atoms with E-state index in [1.54, 1.807) is 19.2 Å².